The summed E-state index contributed by atoms with van der Waals surface area (Å²) in [5.41, 5.74) is 0. The van der Waals surface area contributed by atoms with Crippen molar-refractivity contribution in [2.75, 3.05) is 6.73 Å². The lowest BCUT2D eigenvalue weighted by Gasteiger charge is -2.23. The summed E-state index contributed by atoms with van der Waals surface area (Å²) in [5.74, 6) is -0.232. The maximum absolute atomic E-state index is 11.4. The third-order valence-electron chi connectivity index (χ3n) is 2.48. The highest BCUT2D eigenvalue weighted by molar-refractivity contribution is 5.78. The fraction of sp³-hybridized carbons (Fsp3) is 0.800. The number of hydrogen-bond acceptors (Lipinski definition) is 3. The summed E-state index contributed by atoms with van der Waals surface area (Å²) in [5, 5.41) is 0. The molecule has 1 amide bonds. The standard InChI is InChI=1S/C10H17NO3/c1-3-4-9-5-6-10(13)11(9)7-14-8(2)12/h9H,3-7H2,1-2H3/t9-/m0/s1. The van der Waals surface area contributed by atoms with Crippen LogP contribution in [-0.2, 0) is 14.3 Å². The summed E-state index contributed by atoms with van der Waals surface area (Å²) < 4.78 is 4.84. The van der Waals surface area contributed by atoms with Crippen molar-refractivity contribution in [3.05, 3.63) is 0 Å². The van der Waals surface area contributed by atoms with Crippen LogP contribution in [-0.4, -0.2) is 29.5 Å². The van der Waals surface area contributed by atoms with Crippen molar-refractivity contribution in [2.24, 2.45) is 0 Å². The molecule has 1 atom stereocenters. The second kappa shape index (κ2) is 4.98. The Bertz CT molecular complexity index is 227. The van der Waals surface area contributed by atoms with Crippen LogP contribution < -0.4 is 0 Å². The second-order valence-corrected chi connectivity index (χ2v) is 3.61. The topological polar surface area (TPSA) is 46.6 Å². The van der Waals surface area contributed by atoms with Crippen molar-refractivity contribution in [3.63, 3.8) is 0 Å². The zero-order chi connectivity index (χ0) is 10.6. The first kappa shape index (κ1) is 11.0. The van der Waals surface area contributed by atoms with E-state index in [1.807, 2.05) is 0 Å². The Morgan fingerprint density at radius 2 is 2.36 bits per heavy atom. The van der Waals surface area contributed by atoms with Gasteiger partial charge in [-0.15, -0.1) is 0 Å². The van der Waals surface area contributed by atoms with E-state index >= 15 is 0 Å². The van der Waals surface area contributed by atoms with Crippen LogP contribution in [0.2, 0.25) is 0 Å². The van der Waals surface area contributed by atoms with Crippen LogP contribution >= 0.6 is 0 Å². The monoisotopic (exact) mass is 199 g/mol. The molecule has 1 heterocycles. The van der Waals surface area contributed by atoms with Crippen LogP contribution in [0.25, 0.3) is 0 Å². The maximum Gasteiger partial charge on any atom is 0.304 e. The third-order valence-corrected chi connectivity index (χ3v) is 2.48. The lowest BCUT2D eigenvalue weighted by molar-refractivity contribution is -0.150. The number of amides is 1. The Morgan fingerprint density at radius 1 is 1.64 bits per heavy atom. The molecule has 0 aromatic heterocycles. The zero-order valence-electron chi connectivity index (χ0n) is 8.78. The van der Waals surface area contributed by atoms with Gasteiger partial charge in [0, 0.05) is 19.4 Å². The van der Waals surface area contributed by atoms with Gasteiger partial charge in [0.25, 0.3) is 0 Å². The van der Waals surface area contributed by atoms with Gasteiger partial charge in [0.1, 0.15) is 0 Å². The molecule has 0 aromatic carbocycles. The smallest absolute Gasteiger partial charge is 0.304 e. The Hall–Kier alpha value is -1.06. The summed E-state index contributed by atoms with van der Waals surface area (Å²) in [6.45, 7) is 3.57. The van der Waals surface area contributed by atoms with E-state index in [-0.39, 0.29) is 24.6 Å². The molecule has 1 fully saturated rings. The van der Waals surface area contributed by atoms with Gasteiger partial charge in [-0.25, -0.2) is 0 Å². The number of ether oxygens (including phenoxy) is 1. The first-order valence-corrected chi connectivity index (χ1v) is 5.08. The van der Waals surface area contributed by atoms with Crippen LogP contribution in [0.1, 0.15) is 39.5 Å². The average molecular weight is 199 g/mol. The van der Waals surface area contributed by atoms with Gasteiger partial charge in [0.2, 0.25) is 5.91 Å². The molecule has 0 aliphatic carbocycles. The molecule has 4 nitrogen and oxygen atoms in total. The molecule has 0 saturated carbocycles. The number of likely N-dealkylation sites (tertiary alicyclic amines) is 1. The van der Waals surface area contributed by atoms with E-state index in [0.29, 0.717) is 6.42 Å². The number of carbonyl (C=O) groups is 2. The van der Waals surface area contributed by atoms with Gasteiger partial charge in [0.05, 0.1) is 0 Å². The number of nitrogens with zero attached hydrogens (tertiary/aromatic N) is 1. The maximum atomic E-state index is 11.4. The van der Waals surface area contributed by atoms with Gasteiger partial charge in [-0.2, -0.15) is 0 Å². The summed E-state index contributed by atoms with van der Waals surface area (Å²) in [7, 11) is 0. The molecule has 0 spiro atoms. The molecule has 0 unspecified atom stereocenters. The Morgan fingerprint density at radius 3 is 2.93 bits per heavy atom. The van der Waals surface area contributed by atoms with E-state index in [2.05, 4.69) is 6.92 Å². The molecule has 1 saturated heterocycles. The van der Waals surface area contributed by atoms with E-state index in [4.69, 9.17) is 4.74 Å². The van der Waals surface area contributed by atoms with Crippen LogP contribution in [0.4, 0.5) is 0 Å². The van der Waals surface area contributed by atoms with E-state index < -0.39 is 0 Å². The van der Waals surface area contributed by atoms with Crippen LogP contribution in [0.5, 0.6) is 0 Å². The van der Waals surface area contributed by atoms with Crippen molar-refractivity contribution in [1.29, 1.82) is 0 Å². The molecule has 1 aliphatic rings. The zero-order valence-corrected chi connectivity index (χ0v) is 8.78. The Kier molecular flexibility index (Phi) is 3.92. The van der Waals surface area contributed by atoms with Crippen molar-refractivity contribution < 1.29 is 14.3 Å². The molecule has 14 heavy (non-hydrogen) atoms. The van der Waals surface area contributed by atoms with Crippen LogP contribution in [0.3, 0.4) is 0 Å². The highest BCUT2D eigenvalue weighted by Crippen LogP contribution is 2.22. The van der Waals surface area contributed by atoms with Gasteiger partial charge in [-0.1, -0.05) is 13.3 Å². The highest BCUT2D eigenvalue weighted by atomic mass is 16.5. The van der Waals surface area contributed by atoms with E-state index in [1.54, 1.807) is 4.90 Å². The molecular weight excluding hydrogens is 182 g/mol. The summed E-state index contributed by atoms with van der Waals surface area (Å²) >= 11 is 0. The SMILES string of the molecule is CCC[C@H]1CCC(=O)N1COC(C)=O. The first-order valence-electron chi connectivity index (χ1n) is 5.08. The summed E-state index contributed by atoms with van der Waals surface area (Å²) in [6, 6.07) is 0.270. The molecule has 1 rings (SSSR count). The number of carbonyl (C=O) groups excluding carboxylic acids is 2. The minimum Gasteiger partial charge on any atom is -0.444 e. The van der Waals surface area contributed by atoms with Crippen molar-refractivity contribution in [3.8, 4) is 0 Å². The van der Waals surface area contributed by atoms with E-state index in [1.165, 1.54) is 6.92 Å². The number of hydrogen-bond donors (Lipinski definition) is 0. The predicted octanol–water partition coefficient (Wildman–Crippen LogP) is 1.30. The number of esters is 1. The van der Waals surface area contributed by atoms with Crippen molar-refractivity contribution in [1.82, 2.24) is 4.90 Å². The highest BCUT2D eigenvalue weighted by Gasteiger charge is 2.30. The molecule has 0 N–H and O–H groups in total. The van der Waals surface area contributed by atoms with Crippen molar-refractivity contribution in [2.45, 2.75) is 45.6 Å². The normalized spacial score (nSPS) is 21.4. The van der Waals surface area contributed by atoms with Crippen LogP contribution in [0.15, 0.2) is 0 Å². The molecule has 4 heteroatoms. The fourth-order valence-corrected chi connectivity index (χ4v) is 1.76. The minimum absolute atomic E-state index is 0.102. The molecule has 0 aromatic rings. The summed E-state index contributed by atoms with van der Waals surface area (Å²) in [6.07, 6.45) is 3.53. The average Bonchev–Trinajstić information content (AvgIpc) is 2.45. The van der Waals surface area contributed by atoms with Gasteiger partial charge in [-0.3, -0.25) is 9.59 Å². The van der Waals surface area contributed by atoms with Crippen LogP contribution in [0, 0.1) is 0 Å². The van der Waals surface area contributed by atoms with Gasteiger partial charge >= 0.3 is 5.97 Å². The van der Waals surface area contributed by atoms with E-state index in [0.717, 1.165) is 19.3 Å². The Balaban J connectivity index is 2.44. The lowest BCUT2D eigenvalue weighted by atomic mass is 10.1. The predicted molar refractivity (Wildman–Crippen MR) is 51.4 cm³/mol. The Labute approximate surface area is 84.2 Å². The first-order chi connectivity index (χ1) is 6.65. The van der Waals surface area contributed by atoms with Crippen molar-refractivity contribution >= 4 is 11.9 Å². The molecular formula is C10H17NO3. The van der Waals surface area contributed by atoms with E-state index in [9.17, 15) is 9.59 Å². The lowest BCUT2D eigenvalue weighted by Crippen LogP contribution is -2.35. The summed E-state index contributed by atoms with van der Waals surface area (Å²) in [4.78, 5) is 23.7. The molecule has 0 radical (unpaired) electrons. The third kappa shape index (κ3) is 2.72. The number of rotatable bonds is 4. The molecule has 80 valence electrons. The van der Waals surface area contributed by atoms with Gasteiger partial charge < -0.3 is 9.64 Å². The van der Waals surface area contributed by atoms with Gasteiger partial charge in [-0.05, 0) is 12.8 Å². The molecule has 0 bridgehead atoms. The minimum atomic E-state index is -0.333. The fourth-order valence-electron chi connectivity index (χ4n) is 1.76. The molecule has 1 aliphatic heterocycles. The quantitative estimate of drug-likeness (QED) is 0.641. The largest absolute Gasteiger partial charge is 0.444 e. The second-order valence-electron chi connectivity index (χ2n) is 3.61. The van der Waals surface area contributed by atoms with Gasteiger partial charge in [0.15, 0.2) is 6.73 Å².